The van der Waals surface area contributed by atoms with Gasteiger partial charge >= 0.3 is 0 Å². The molecule has 0 radical (unpaired) electrons. The summed E-state index contributed by atoms with van der Waals surface area (Å²) in [5, 5.41) is 11.9. The van der Waals surface area contributed by atoms with Crippen molar-refractivity contribution in [2.45, 2.75) is 51.6 Å². The fourth-order valence-corrected chi connectivity index (χ4v) is 2.90. The maximum absolute atomic E-state index is 11.8. The van der Waals surface area contributed by atoms with Gasteiger partial charge in [-0.15, -0.1) is 0 Å². The van der Waals surface area contributed by atoms with Crippen molar-refractivity contribution in [2.24, 2.45) is 11.3 Å². The van der Waals surface area contributed by atoms with Gasteiger partial charge in [-0.3, -0.25) is 4.79 Å². The molecule has 2 aliphatic rings. The van der Waals surface area contributed by atoms with Crippen molar-refractivity contribution in [1.29, 1.82) is 0 Å². The van der Waals surface area contributed by atoms with Gasteiger partial charge < -0.3 is 10.4 Å². The average Bonchev–Trinajstić information content (AvgIpc) is 2.90. The Labute approximate surface area is 91.2 Å². The van der Waals surface area contributed by atoms with Crippen LogP contribution in [0, 0.1) is 11.3 Å². The number of carbonyl (C=O) groups is 1. The smallest absolute Gasteiger partial charge is 0.223 e. The van der Waals surface area contributed by atoms with Crippen LogP contribution in [0.5, 0.6) is 0 Å². The molecule has 0 aromatic heterocycles. The monoisotopic (exact) mass is 211 g/mol. The fourth-order valence-electron chi connectivity index (χ4n) is 2.90. The van der Waals surface area contributed by atoms with Crippen molar-refractivity contribution < 1.29 is 9.90 Å². The fraction of sp³-hybridized carbons (Fsp3) is 0.917. The Morgan fingerprint density at radius 2 is 2.13 bits per heavy atom. The van der Waals surface area contributed by atoms with Gasteiger partial charge in [0.2, 0.25) is 5.91 Å². The molecule has 2 fully saturated rings. The molecule has 1 unspecified atom stereocenters. The largest absolute Gasteiger partial charge is 0.392 e. The molecule has 0 aromatic rings. The highest BCUT2D eigenvalue weighted by Gasteiger charge is 2.57. The van der Waals surface area contributed by atoms with Crippen LogP contribution in [0.4, 0.5) is 0 Å². The normalized spacial score (nSPS) is 29.9. The minimum Gasteiger partial charge on any atom is -0.392 e. The van der Waals surface area contributed by atoms with Gasteiger partial charge in [-0.2, -0.15) is 0 Å². The summed E-state index contributed by atoms with van der Waals surface area (Å²) >= 11 is 0. The SMILES string of the molecule is C[C@@H](O)CNC(=O)C1CC12CCCCC2. The van der Waals surface area contributed by atoms with Crippen LogP contribution in [0.3, 0.4) is 0 Å². The zero-order chi connectivity index (χ0) is 10.9. The molecule has 0 bridgehead atoms. The summed E-state index contributed by atoms with van der Waals surface area (Å²) in [5.41, 5.74) is 0.362. The molecule has 0 heterocycles. The van der Waals surface area contributed by atoms with Crippen LogP contribution in [-0.4, -0.2) is 23.7 Å². The van der Waals surface area contributed by atoms with E-state index in [1.165, 1.54) is 32.1 Å². The standard InChI is InChI=1S/C12H21NO2/c1-9(14)8-13-11(15)10-7-12(10)5-3-2-4-6-12/h9-10,14H,2-8H2,1H3,(H,13,15)/t9-,10?/m1/s1. The second-order valence-electron chi connectivity index (χ2n) is 5.27. The summed E-state index contributed by atoms with van der Waals surface area (Å²) in [6.45, 7) is 2.09. The maximum Gasteiger partial charge on any atom is 0.223 e. The Balaban J connectivity index is 1.79. The lowest BCUT2D eigenvalue weighted by Crippen LogP contribution is -2.33. The van der Waals surface area contributed by atoms with E-state index < -0.39 is 6.10 Å². The van der Waals surface area contributed by atoms with E-state index in [9.17, 15) is 4.79 Å². The second-order valence-corrected chi connectivity index (χ2v) is 5.27. The van der Waals surface area contributed by atoms with Gasteiger partial charge in [0.25, 0.3) is 0 Å². The van der Waals surface area contributed by atoms with Crippen molar-refractivity contribution in [3.8, 4) is 0 Å². The summed E-state index contributed by atoms with van der Waals surface area (Å²) in [7, 11) is 0. The third kappa shape index (κ3) is 2.33. The molecule has 3 nitrogen and oxygen atoms in total. The Morgan fingerprint density at radius 1 is 1.47 bits per heavy atom. The van der Waals surface area contributed by atoms with Crippen LogP contribution >= 0.6 is 0 Å². The molecule has 86 valence electrons. The van der Waals surface area contributed by atoms with E-state index in [0.29, 0.717) is 12.0 Å². The van der Waals surface area contributed by atoms with Crippen molar-refractivity contribution in [3.05, 3.63) is 0 Å². The van der Waals surface area contributed by atoms with Gasteiger partial charge in [-0.25, -0.2) is 0 Å². The maximum atomic E-state index is 11.8. The third-order valence-electron chi connectivity index (χ3n) is 3.93. The number of hydrogen-bond acceptors (Lipinski definition) is 2. The highest BCUT2D eigenvalue weighted by Crippen LogP contribution is 2.61. The summed E-state index contributed by atoms with van der Waals surface area (Å²) < 4.78 is 0. The molecule has 0 saturated heterocycles. The number of nitrogens with one attached hydrogen (secondary N) is 1. The lowest BCUT2D eigenvalue weighted by atomic mass is 9.84. The van der Waals surface area contributed by atoms with Crippen molar-refractivity contribution in [1.82, 2.24) is 5.32 Å². The zero-order valence-electron chi connectivity index (χ0n) is 9.46. The Bertz CT molecular complexity index is 244. The topological polar surface area (TPSA) is 49.3 Å². The molecule has 2 saturated carbocycles. The molecule has 2 rings (SSSR count). The molecule has 2 atom stereocenters. The van der Waals surface area contributed by atoms with Gasteiger partial charge in [-0.05, 0) is 31.6 Å². The second kappa shape index (κ2) is 4.12. The highest BCUT2D eigenvalue weighted by atomic mass is 16.3. The zero-order valence-corrected chi connectivity index (χ0v) is 9.46. The third-order valence-corrected chi connectivity index (χ3v) is 3.93. The Morgan fingerprint density at radius 3 is 2.73 bits per heavy atom. The molecule has 2 N–H and O–H groups in total. The van der Waals surface area contributed by atoms with E-state index in [2.05, 4.69) is 5.32 Å². The molecule has 0 aromatic carbocycles. The van der Waals surface area contributed by atoms with Gasteiger partial charge in [0.05, 0.1) is 6.10 Å². The first-order chi connectivity index (χ1) is 7.14. The van der Waals surface area contributed by atoms with Crippen LogP contribution < -0.4 is 5.32 Å². The first-order valence-corrected chi connectivity index (χ1v) is 6.10. The number of aliphatic hydroxyl groups is 1. The summed E-state index contributed by atoms with van der Waals surface area (Å²) in [5.74, 6) is 0.411. The van der Waals surface area contributed by atoms with E-state index in [4.69, 9.17) is 5.11 Å². The molecule has 1 amide bonds. The van der Waals surface area contributed by atoms with Crippen LogP contribution in [0.1, 0.15) is 45.4 Å². The van der Waals surface area contributed by atoms with Gasteiger partial charge in [0.1, 0.15) is 0 Å². The van der Waals surface area contributed by atoms with E-state index in [-0.39, 0.29) is 11.8 Å². The van der Waals surface area contributed by atoms with Gasteiger partial charge in [0, 0.05) is 12.5 Å². The summed E-state index contributed by atoms with van der Waals surface area (Å²) in [6.07, 6.45) is 7.04. The van der Waals surface area contributed by atoms with E-state index in [1.54, 1.807) is 6.92 Å². The van der Waals surface area contributed by atoms with Crippen molar-refractivity contribution >= 4 is 5.91 Å². The van der Waals surface area contributed by atoms with Crippen LogP contribution in [0.15, 0.2) is 0 Å². The number of amides is 1. The minimum absolute atomic E-state index is 0.165. The quantitative estimate of drug-likeness (QED) is 0.742. The van der Waals surface area contributed by atoms with E-state index in [0.717, 1.165) is 6.42 Å². The predicted octanol–water partition coefficient (Wildman–Crippen LogP) is 1.45. The Hall–Kier alpha value is -0.570. The number of carbonyl (C=O) groups excluding carboxylic acids is 1. The molecular weight excluding hydrogens is 190 g/mol. The Kier molecular flexibility index (Phi) is 3.01. The van der Waals surface area contributed by atoms with Crippen LogP contribution in [0.2, 0.25) is 0 Å². The van der Waals surface area contributed by atoms with E-state index in [1.807, 2.05) is 0 Å². The van der Waals surface area contributed by atoms with Crippen LogP contribution in [0.25, 0.3) is 0 Å². The number of hydrogen-bond donors (Lipinski definition) is 2. The molecule has 15 heavy (non-hydrogen) atoms. The first kappa shape index (κ1) is 10.9. The molecule has 2 aliphatic carbocycles. The van der Waals surface area contributed by atoms with Crippen molar-refractivity contribution in [2.75, 3.05) is 6.54 Å². The first-order valence-electron chi connectivity index (χ1n) is 6.10. The highest BCUT2D eigenvalue weighted by molar-refractivity contribution is 5.82. The number of rotatable bonds is 3. The molecule has 1 spiro atoms. The van der Waals surface area contributed by atoms with E-state index >= 15 is 0 Å². The molecule has 3 heteroatoms. The summed E-state index contributed by atoms with van der Waals surface area (Å²) in [6, 6.07) is 0. The number of aliphatic hydroxyl groups excluding tert-OH is 1. The molecular formula is C12H21NO2. The minimum atomic E-state index is -0.435. The van der Waals surface area contributed by atoms with Gasteiger partial charge in [0.15, 0.2) is 0 Å². The molecule has 0 aliphatic heterocycles. The lowest BCUT2D eigenvalue weighted by Gasteiger charge is -2.22. The van der Waals surface area contributed by atoms with Crippen molar-refractivity contribution in [3.63, 3.8) is 0 Å². The predicted molar refractivity (Wildman–Crippen MR) is 58.3 cm³/mol. The summed E-state index contributed by atoms with van der Waals surface area (Å²) in [4.78, 5) is 11.8. The van der Waals surface area contributed by atoms with Crippen LogP contribution in [-0.2, 0) is 4.79 Å². The van der Waals surface area contributed by atoms with Gasteiger partial charge in [-0.1, -0.05) is 19.3 Å². The average molecular weight is 211 g/mol. The lowest BCUT2D eigenvalue weighted by molar-refractivity contribution is -0.123.